The second-order valence-electron chi connectivity index (χ2n) is 29.3. The Kier molecular flexibility index (Phi) is 16.8. The van der Waals surface area contributed by atoms with Gasteiger partial charge in [0.25, 0.3) is 0 Å². The predicted octanol–water partition coefficient (Wildman–Crippen LogP) is 28.4. The number of fused-ring (bicyclic) bond motifs is 12. The summed E-state index contributed by atoms with van der Waals surface area (Å²) in [6.07, 6.45) is 0. The number of aromatic nitrogens is 6. The highest BCUT2D eigenvalue weighted by molar-refractivity contribution is 6.23. The molecule has 22 aromatic rings. The van der Waals surface area contributed by atoms with E-state index in [4.69, 9.17) is 19.9 Å². The van der Waals surface area contributed by atoms with Gasteiger partial charge >= 0.3 is 0 Å². The summed E-state index contributed by atoms with van der Waals surface area (Å²) < 4.78 is 4.78. The van der Waals surface area contributed by atoms with Crippen LogP contribution in [0.1, 0.15) is 0 Å². The molecule has 0 N–H and O–H groups in total. The molecule has 0 unspecified atom stereocenters. The van der Waals surface area contributed by atoms with Gasteiger partial charge in [-0.3, -0.25) is 0 Å². The van der Waals surface area contributed by atoms with Crippen LogP contribution in [0.5, 0.6) is 0 Å². The Hall–Kier alpha value is -15.2. The van der Waals surface area contributed by atoms with Gasteiger partial charge in [-0.1, -0.05) is 328 Å². The molecule has 6 nitrogen and oxygen atoms in total. The van der Waals surface area contributed by atoms with Gasteiger partial charge in [-0.15, -0.1) is 0 Å². The maximum atomic E-state index is 5.08. The van der Waals surface area contributed by atoms with Crippen molar-refractivity contribution in [2.24, 2.45) is 0 Å². The maximum absolute atomic E-state index is 5.08. The highest BCUT2D eigenvalue weighted by atomic mass is 15.0. The summed E-state index contributed by atoms with van der Waals surface area (Å²) in [7, 11) is 0. The summed E-state index contributed by atoms with van der Waals surface area (Å²) >= 11 is 0. The second kappa shape index (κ2) is 28.6. The number of para-hydroxylation sites is 2. The van der Waals surface area contributed by atoms with E-state index in [1.165, 1.54) is 131 Å². The van der Waals surface area contributed by atoms with Gasteiger partial charge in [-0.25, -0.2) is 19.9 Å². The van der Waals surface area contributed by atoms with Crippen molar-refractivity contribution in [3.05, 3.63) is 425 Å². The number of benzene rings is 18. The molecule has 0 saturated heterocycles. The van der Waals surface area contributed by atoms with E-state index in [1.807, 2.05) is 60.7 Å². The maximum Gasteiger partial charge on any atom is 0.160 e. The lowest BCUT2D eigenvalue weighted by Gasteiger charge is -2.12. The fourth-order valence-corrected chi connectivity index (χ4v) is 16.7. The van der Waals surface area contributed by atoms with Crippen LogP contribution in [0.15, 0.2) is 425 Å². The lowest BCUT2D eigenvalue weighted by Crippen LogP contribution is -1.97. The summed E-state index contributed by atoms with van der Waals surface area (Å²) in [6.45, 7) is 0. The molecule has 22 rings (SSSR count). The fourth-order valence-electron chi connectivity index (χ4n) is 16.7. The molecule has 6 heteroatoms. The Labute approximate surface area is 659 Å². The van der Waals surface area contributed by atoms with Crippen LogP contribution in [0, 0.1) is 0 Å². The van der Waals surface area contributed by atoms with Crippen molar-refractivity contribution in [1.82, 2.24) is 29.1 Å². The smallest absolute Gasteiger partial charge is 0.160 e. The monoisotopic (exact) mass is 1450 g/mol. The Morgan fingerprint density at radius 3 is 0.833 bits per heavy atom. The fraction of sp³-hybridized carbons (Fsp3) is 0. The highest BCUT2D eigenvalue weighted by Crippen LogP contribution is 2.43. The molecular formula is C108H70N6. The molecule has 0 aliphatic rings. The summed E-state index contributed by atoms with van der Waals surface area (Å²) in [5.41, 5.74) is 26.5. The first-order valence-corrected chi connectivity index (χ1v) is 38.8. The Bertz CT molecular complexity index is 7290. The molecule has 4 aromatic heterocycles. The van der Waals surface area contributed by atoms with Crippen LogP contribution in [0.2, 0.25) is 0 Å². The van der Waals surface area contributed by atoms with Gasteiger partial charge in [0.2, 0.25) is 0 Å². The lowest BCUT2D eigenvalue weighted by atomic mass is 9.95. The minimum absolute atomic E-state index is 0.713. The molecule has 0 bridgehead atoms. The number of rotatable bonds is 12. The zero-order chi connectivity index (χ0) is 75.4. The summed E-state index contributed by atoms with van der Waals surface area (Å²) in [5.74, 6) is 1.43. The molecule has 0 amide bonds. The average molecular weight is 1450 g/mol. The van der Waals surface area contributed by atoms with Gasteiger partial charge in [0.05, 0.1) is 44.8 Å². The van der Waals surface area contributed by atoms with E-state index in [1.54, 1.807) is 0 Å². The predicted molar refractivity (Wildman–Crippen MR) is 477 cm³/mol. The van der Waals surface area contributed by atoms with Crippen molar-refractivity contribution in [2.45, 2.75) is 0 Å². The first-order chi connectivity index (χ1) is 56.5. The molecule has 0 fully saturated rings. The van der Waals surface area contributed by atoms with Gasteiger partial charge in [0.1, 0.15) is 0 Å². The first-order valence-electron chi connectivity index (χ1n) is 38.8. The largest absolute Gasteiger partial charge is 0.309 e. The van der Waals surface area contributed by atoms with Gasteiger partial charge in [0, 0.05) is 66.3 Å². The second-order valence-corrected chi connectivity index (χ2v) is 29.3. The Morgan fingerprint density at radius 1 is 0.149 bits per heavy atom. The van der Waals surface area contributed by atoms with E-state index in [0.29, 0.717) is 11.6 Å². The van der Waals surface area contributed by atoms with Crippen molar-refractivity contribution >= 4 is 86.7 Å². The number of nitrogens with zero attached hydrogens (tertiary/aromatic N) is 6. The van der Waals surface area contributed by atoms with E-state index in [9.17, 15) is 0 Å². The third-order valence-corrected chi connectivity index (χ3v) is 22.4. The Balaban J connectivity index is 0.000000143. The first kappa shape index (κ1) is 66.9. The van der Waals surface area contributed by atoms with E-state index in [-0.39, 0.29) is 0 Å². The molecule has 114 heavy (non-hydrogen) atoms. The standard InChI is InChI=1S/2C54H35N3/c1-4-12-36(13-5-1)42-23-20-37-21-24-43(33-45(37)32-42)44-25-22-38-28-31-52-53(48(38)34-44)47-18-10-11-19-51(47)57(52)46-29-26-40(27-30-46)50-35-49(39-14-6-2-7-15-39)55-54(56-50)41-16-8-3-9-17-41;1-4-12-36(13-5-1)41-22-20-37-21-23-42(34-45(37)33-41)43-26-30-47-44(32-43)27-31-52-53(47)48-18-10-11-19-51(48)57(52)46-28-24-39(25-29-46)50-35-49(38-14-6-2-7-15-38)55-54(56-50)40-16-8-3-9-17-40/h2*1-35H. The molecule has 18 aromatic carbocycles. The normalized spacial score (nSPS) is 11.5. The lowest BCUT2D eigenvalue weighted by molar-refractivity contribution is 1.17. The minimum atomic E-state index is 0.713. The molecule has 0 aliphatic heterocycles. The van der Waals surface area contributed by atoms with Gasteiger partial charge in [-0.2, -0.15) is 0 Å². The zero-order valence-electron chi connectivity index (χ0n) is 62.1. The van der Waals surface area contributed by atoms with Crippen LogP contribution in [-0.4, -0.2) is 29.1 Å². The summed E-state index contributed by atoms with van der Waals surface area (Å²) in [6, 6.07) is 152. The van der Waals surface area contributed by atoms with Gasteiger partial charge in [-0.05, 0) is 185 Å². The van der Waals surface area contributed by atoms with Crippen LogP contribution in [0.25, 0.3) is 210 Å². The Morgan fingerprint density at radius 2 is 0.430 bits per heavy atom. The molecule has 0 radical (unpaired) electrons. The molecule has 4 heterocycles. The van der Waals surface area contributed by atoms with Crippen LogP contribution < -0.4 is 0 Å². The quantitative estimate of drug-likeness (QED) is 0.122. The van der Waals surface area contributed by atoms with Crippen molar-refractivity contribution in [2.75, 3.05) is 0 Å². The molecule has 0 atom stereocenters. The van der Waals surface area contributed by atoms with Crippen molar-refractivity contribution in [3.8, 4) is 124 Å². The molecule has 532 valence electrons. The van der Waals surface area contributed by atoms with E-state index >= 15 is 0 Å². The van der Waals surface area contributed by atoms with E-state index < -0.39 is 0 Å². The van der Waals surface area contributed by atoms with Crippen LogP contribution in [-0.2, 0) is 0 Å². The summed E-state index contributed by atoms with van der Waals surface area (Å²) in [4.78, 5) is 20.1. The van der Waals surface area contributed by atoms with Crippen molar-refractivity contribution < 1.29 is 0 Å². The van der Waals surface area contributed by atoms with E-state index in [0.717, 1.165) is 67.5 Å². The average Bonchev–Trinajstić information content (AvgIpc) is 1.57. The molecule has 0 spiro atoms. The van der Waals surface area contributed by atoms with Crippen LogP contribution >= 0.6 is 0 Å². The highest BCUT2D eigenvalue weighted by Gasteiger charge is 2.21. The van der Waals surface area contributed by atoms with Crippen LogP contribution in [0.4, 0.5) is 0 Å². The molecular weight excluding hydrogens is 1380 g/mol. The van der Waals surface area contributed by atoms with Gasteiger partial charge in [0.15, 0.2) is 11.6 Å². The molecule has 0 aliphatic carbocycles. The van der Waals surface area contributed by atoms with Crippen molar-refractivity contribution in [3.63, 3.8) is 0 Å². The van der Waals surface area contributed by atoms with Gasteiger partial charge < -0.3 is 9.13 Å². The minimum Gasteiger partial charge on any atom is -0.309 e. The van der Waals surface area contributed by atoms with E-state index in [2.05, 4.69) is 373 Å². The number of hydrogen-bond acceptors (Lipinski definition) is 4. The summed E-state index contributed by atoms with van der Waals surface area (Å²) in [5, 5.41) is 14.9. The molecule has 0 saturated carbocycles. The zero-order valence-corrected chi connectivity index (χ0v) is 62.1. The van der Waals surface area contributed by atoms with Crippen LogP contribution in [0.3, 0.4) is 0 Å². The van der Waals surface area contributed by atoms with Crippen molar-refractivity contribution in [1.29, 1.82) is 0 Å². The topological polar surface area (TPSA) is 61.4 Å². The third-order valence-electron chi connectivity index (χ3n) is 22.4. The SMILES string of the molecule is c1ccc(-c2ccc3ccc(-c4ccc5c(ccc6c5c5ccccc5n6-c5ccc(-c6cc(-c7ccccc7)nc(-c7ccccc7)n6)cc5)c4)cc3c2)cc1.c1ccc(-c2ccc3ccc(-c4ccc5ccc6c(c5c4)c4ccccc4n6-c4ccc(-c5cc(-c6ccccc6)nc(-c6ccccc6)n5)cc4)cc3c2)cc1. The number of hydrogen-bond donors (Lipinski definition) is 0. The third kappa shape index (κ3) is 12.5.